The number of rotatable bonds is 6. The van der Waals surface area contributed by atoms with Crippen LogP contribution in [0.1, 0.15) is 58.8 Å². The van der Waals surface area contributed by atoms with E-state index in [4.69, 9.17) is 4.74 Å². The summed E-state index contributed by atoms with van der Waals surface area (Å²) in [6.45, 7) is 8.78. The largest absolute Gasteiger partial charge is 0.382 e. The number of amides is 3. The highest BCUT2D eigenvalue weighted by molar-refractivity contribution is 6.05. The van der Waals surface area contributed by atoms with Crippen LogP contribution in [-0.2, 0) is 9.53 Å². The molecule has 152 valence electrons. The Kier molecular flexibility index (Phi) is 5.74. The van der Waals surface area contributed by atoms with Gasteiger partial charge in [0.1, 0.15) is 6.04 Å². The van der Waals surface area contributed by atoms with E-state index >= 15 is 0 Å². The molecule has 0 bridgehead atoms. The van der Waals surface area contributed by atoms with Crippen LogP contribution in [0.2, 0.25) is 0 Å². The van der Waals surface area contributed by atoms with Crippen molar-refractivity contribution in [2.75, 3.05) is 32.8 Å². The van der Waals surface area contributed by atoms with E-state index in [1.165, 1.54) is 19.3 Å². The number of imide groups is 1. The Morgan fingerprint density at radius 2 is 1.93 bits per heavy atom. The molecule has 6 nitrogen and oxygen atoms in total. The predicted molar refractivity (Wildman–Crippen MR) is 103 cm³/mol. The molecule has 3 amide bonds. The first kappa shape index (κ1) is 19.2. The molecule has 0 N–H and O–H groups in total. The summed E-state index contributed by atoms with van der Waals surface area (Å²) < 4.78 is 5.44. The van der Waals surface area contributed by atoms with E-state index in [0.717, 1.165) is 58.5 Å². The van der Waals surface area contributed by atoms with E-state index in [0.29, 0.717) is 17.9 Å². The second-order valence-corrected chi connectivity index (χ2v) is 8.95. The first-order chi connectivity index (χ1) is 13.1. The van der Waals surface area contributed by atoms with Crippen molar-refractivity contribution in [3.8, 4) is 0 Å². The van der Waals surface area contributed by atoms with Crippen LogP contribution in [0, 0.1) is 11.8 Å². The molecule has 4 fully saturated rings. The van der Waals surface area contributed by atoms with Gasteiger partial charge in [-0.05, 0) is 50.9 Å². The van der Waals surface area contributed by atoms with Crippen molar-refractivity contribution in [1.29, 1.82) is 0 Å². The molecule has 1 saturated carbocycles. The van der Waals surface area contributed by atoms with Gasteiger partial charge in [0.25, 0.3) is 5.91 Å². The number of piperidine rings is 1. The minimum Gasteiger partial charge on any atom is -0.382 e. The quantitative estimate of drug-likeness (QED) is 0.528. The average Bonchev–Trinajstić information content (AvgIpc) is 3.16. The number of hydrogen-bond acceptors (Lipinski definition) is 4. The molecule has 0 aromatic rings. The Labute approximate surface area is 163 Å². The number of likely N-dealkylation sites (tertiary alicyclic amines) is 1. The maximum atomic E-state index is 13.2. The lowest BCUT2D eigenvalue weighted by molar-refractivity contribution is -0.131. The van der Waals surface area contributed by atoms with Crippen LogP contribution in [0.15, 0.2) is 0 Å². The number of carbonyl (C=O) groups excluding carboxylic acids is 2. The average molecular weight is 378 g/mol. The summed E-state index contributed by atoms with van der Waals surface area (Å²) in [5.41, 5.74) is 0. The maximum absolute atomic E-state index is 13.2. The summed E-state index contributed by atoms with van der Waals surface area (Å²) in [4.78, 5) is 32.5. The summed E-state index contributed by atoms with van der Waals surface area (Å²) in [6.07, 6.45) is 7.58. The standard InChI is InChI=1S/C21H35N3O3/c1-3-27-12-6-10-22-11-9-17(15(2)14-22)24-20(25)19-13-16-7-4-5-8-18(16)23(19)21(24)26/h15-19H,3-14H2,1-2H3/t15-,16+,17+,18+,19+/m1/s1. The molecular weight excluding hydrogens is 342 g/mol. The molecule has 3 heterocycles. The van der Waals surface area contributed by atoms with E-state index in [-0.39, 0.29) is 24.0 Å². The van der Waals surface area contributed by atoms with Crippen LogP contribution < -0.4 is 0 Å². The van der Waals surface area contributed by atoms with Gasteiger partial charge in [0.2, 0.25) is 0 Å². The molecule has 3 saturated heterocycles. The van der Waals surface area contributed by atoms with Gasteiger partial charge < -0.3 is 14.5 Å². The number of urea groups is 1. The SMILES string of the molecule is CCOCCCN1CC[C@H](N2C(=O)[C@@H]3C[C@@H]4CCCC[C@@H]4N3C2=O)[C@H](C)C1. The van der Waals surface area contributed by atoms with Crippen molar-refractivity contribution >= 4 is 11.9 Å². The Bertz CT molecular complexity index is 569. The molecule has 3 aliphatic heterocycles. The molecule has 0 spiro atoms. The number of ether oxygens (including phenoxy) is 1. The molecule has 5 atom stereocenters. The summed E-state index contributed by atoms with van der Waals surface area (Å²) in [6, 6.07) is 0.239. The van der Waals surface area contributed by atoms with Crippen LogP contribution in [0.25, 0.3) is 0 Å². The fourth-order valence-corrected chi connectivity index (χ4v) is 5.98. The van der Waals surface area contributed by atoms with Gasteiger partial charge in [0.05, 0.1) is 0 Å². The van der Waals surface area contributed by atoms with Gasteiger partial charge >= 0.3 is 6.03 Å². The first-order valence-electron chi connectivity index (χ1n) is 11.1. The van der Waals surface area contributed by atoms with Crippen LogP contribution >= 0.6 is 0 Å². The van der Waals surface area contributed by atoms with Crippen LogP contribution in [0.3, 0.4) is 0 Å². The highest BCUT2D eigenvalue weighted by Crippen LogP contribution is 2.44. The molecule has 4 rings (SSSR count). The molecule has 0 unspecified atom stereocenters. The van der Waals surface area contributed by atoms with E-state index < -0.39 is 0 Å². The van der Waals surface area contributed by atoms with Crippen molar-refractivity contribution in [1.82, 2.24) is 14.7 Å². The van der Waals surface area contributed by atoms with E-state index in [1.807, 2.05) is 11.8 Å². The number of hydrogen-bond donors (Lipinski definition) is 0. The van der Waals surface area contributed by atoms with E-state index in [9.17, 15) is 9.59 Å². The van der Waals surface area contributed by atoms with Gasteiger partial charge in [0, 0.05) is 44.9 Å². The third-order valence-electron chi connectivity index (χ3n) is 7.28. The van der Waals surface area contributed by atoms with Gasteiger partial charge in [0.15, 0.2) is 0 Å². The van der Waals surface area contributed by atoms with Gasteiger partial charge in [-0.3, -0.25) is 9.69 Å². The fraction of sp³-hybridized carbons (Fsp3) is 0.905. The zero-order valence-electron chi connectivity index (χ0n) is 16.9. The van der Waals surface area contributed by atoms with Crippen LogP contribution in [-0.4, -0.2) is 77.6 Å². The summed E-state index contributed by atoms with van der Waals surface area (Å²) >= 11 is 0. The molecule has 6 heteroatoms. The third-order valence-corrected chi connectivity index (χ3v) is 7.28. The minimum absolute atomic E-state index is 0.0149. The number of nitrogens with zero attached hydrogens (tertiary/aromatic N) is 3. The summed E-state index contributed by atoms with van der Waals surface area (Å²) in [5, 5.41) is 0. The molecule has 27 heavy (non-hydrogen) atoms. The van der Waals surface area contributed by atoms with Crippen molar-refractivity contribution < 1.29 is 14.3 Å². The molecule has 0 aromatic carbocycles. The second-order valence-electron chi connectivity index (χ2n) is 8.95. The van der Waals surface area contributed by atoms with Crippen molar-refractivity contribution in [2.24, 2.45) is 11.8 Å². The minimum atomic E-state index is -0.165. The maximum Gasteiger partial charge on any atom is 0.327 e. The van der Waals surface area contributed by atoms with Crippen LogP contribution in [0.5, 0.6) is 0 Å². The monoisotopic (exact) mass is 377 g/mol. The lowest BCUT2D eigenvalue weighted by Crippen LogP contribution is -2.53. The van der Waals surface area contributed by atoms with Crippen molar-refractivity contribution in [3.63, 3.8) is 0 Å². The molecule has 1 aliphatic carbocycles. The Morgan fingerprint density at radius 1 is 1.11 bits per heavy atom. The Balaban J connectivity index is 1.37. The molecule has 0 aromatic heterocycles. The smallest absolute Gasteiger partial charge is 0.327 e. The zero-order chi connectivity index (χ0) is 19.0. The van der Waals surface area contributed by atoms with Crippen LogP contribution in [0.4, 0.5) is 4.79 Å². The normalized spacial score (nSPS) is 37.0. The Hall–Kier alpha value is -1.14. The number of carbonyl (C=O) groups is 2. The van der Waals surface area contributed by atoms with Gasteiger partial charge in [-0.25, -0.2) is 4.79 Å². The van der Waals surface area contributed by atoms with Crippen molar-refractivity contribution in [2.45, 2.75) is 76.9 Å². The first-order valence-corrected chi connectivity index (χ1v) is 11.1. The van der Waals surface area contributed by atoms with Gasteiger partial charge in [-0.2, -0.15) is 0 Å². The van der Waals surface area contributed by atoms with Crippen molar-refractivity contribution in [3.05, 3.63) is 0 Å². The molecule has 4 aliphatic rings. The topological polar surface area (TPSA) is 53.1 Å². The fourth-order valence-electron chi connectivity index (χ4n) is 5.98. The lowest BCUT2D eigenvalue weighted by atomic mass is 9.84. The zero-order valence-corrected chi connectivity index (χ0v) is 16.9. The molecule has 0 radical (unpaired) electrons. The number of fused-ring (bicyclic) bond motifs is 3. The van der Waals surface area contributed by atoms with E-state index in [2.05, 4.69) is 11.8 Å². The van der Waals surface area contributed by atoms with Gasteiger partial charge in [-0.15, -0.1) is 0 Å². The van der Waals surface area contributed by atoms with E-state index in [1.54, 1.807) is 4.90 Å². The lowest BCUT2D eigenvalue weighted by Gasteiger charge is -2.41. The predicted octanol–water partition coefficient (Wildman–Crippen LogP) is 2.72. The highest BCUT2D eigenvalue weighted by Gasteiger charge is 2.57. The summed E-state index contributed by atoms with van der Waals surface area (Å²) in [5.74, 6) is 0.986. The Morgan fingerprint density at radius 3 is 2.70 bits per heavy atom. The molecular formula is C21H35N3O3. The second kappa shape index (κ2) is 8.08. The summed E-state index contributed by atoms with van der Waals surface area (Å²) in [7, 11) is 0. The highest BCUT2D eigenvalue weighted by atomic mass is 16.5. The van der Waals surface area contributed by atoms with Gasteiger partial charge in [-0.1, -0.05) is 19.8 Å². The third kappa shape index (κ3) is 3.51.